The van der Waals surface area contributed by atoms with E-state index in [1.54, 1.807) is 4.90 Å². The average molecular weight is 552 g/mol. The molecule has 0 N–H and O–H groups in total. The first-order valence-electron chi connectivity index (χ1n) is 14.4. The van der Waals surface area contributed by atoms with Crippen LogP contribution in [0, 0.1) is 0 Å². The van der Waals surface area contributed by atoms with Gasteiger partial charge in [0.2, 0.25) is 6.36 Å². The Labute approximate surface area is 239 Å². The van der Waals surface area contributed by atoms with Gasteiger partial charge in [0.1, 0.15) is 11.2 Å². The van der Waals surface area contributed by atoms with Crippen molar-refractivity contribution in [1.82, 2.24) is 4.90 Å². The van der Waals surface area contributed by atoms with E-state index in [0.29, 0.717) is 32.5 Å². The highest BCUT2D eigenvalue weighted by atomic mass is 19.1. The summed E-state index contributed by atoms with van der Waals surface area (Å²) in [6.07, 6.45) is -1.12. The van der Waals surface area contributed by atoms with Crippen molar-refractivity contribution in [3.8, 4) is 11.1 Å². The number of piperidine rings is 1. The minimum Gasteiger partial charge on any atom is -0.456 e. The van der Waals surface area contributed by atoms with Crippen LogP contribution in [0.5, 0.6) is 0 Å². The molecule has 0 bridgehead atoms. The molecule has 1 unspecified atom stereocenters. The van der Waals surface area contributed by atoms with Gasteiger partial charge in [-0.2, -0.15) is 0 Å². The van der Waals surface area contributed by atoms with E-state index >= 15 is 0 Å². The lowest BCUT2D eigenvalue weighted by molar-refractivity contribution is -0.0461. The molecule has 210 valence electrons. The maximum atomic E-state index is 14.1. The summed E-state index contributed by atoms with van der Waals surface area (Å²) in [5, 5.41) is 2.14. The van der Waals surface area contributed by atoms with Crippen molar-refractivity contribution in [2.75, 3.05) is 13.1 Å². The van der Waals surface area contributed by atoms with Crippen LogP contribution < -0.4 is 0 Å². The van der Waals surface area contributed by atoms with Crippen molar-refractivity contribution in [2.24, 2.45) is 0 Å². The van der Waals surface area contributed by atoms with Crippen molar-refractivity contribution in [3.05, 3.63) is 108 Å². The van der Waals surface area contributed by atoms with Crippen molar-refractivity contribution in [2.45, 2.75) is 51.2 Å². The number of hydrogen-bond acceptors (Lipinski definition) is 4. The summed E-state index contributed by atoms with van der Waals surface area (Å²) >= 11 is 0. The molecule has 1 aliphatic heterocycles. The smallest absolute Gasteiger partial charge is 0.412 e. The number of fused-ring (bicyclic) bond motifs is 3. The highest BCUT2D eigenvalue weighted by Crippen LogP contribution is 2.39. The molecule has 3 atom stereocenters. The third kappa shape index (κ3) is 5.84. The molecule has 6 heteroatoms. The van der Waals surface area contributed by atoms with E-state index in [9.17, 15) is 9.18 Å². The maximum Gasteiger partial charge on any atom is 0.412 e. The molecule has 1 aromatic heterocycles. The maximum absolute atomic E-state index is 14.1. The van der Waals surface area contributed by atoms with Gasteiger partial charge in [-0.3, -0.25) is 0 Å². The van der Waals surface area contributed by atoms with Crippen LogP contribution in [0.15, 0.2) is 101 Å². The lowest BCUT2D eigenvalue weighted by atomic mass is 9.86. The zero-order chi connectivity index (χ0) is 28.2. The molecule has 5 aromatic rings. The Bertz CT molecular complexity index is 1610. The summed E-state index contributed by atoms with van der Waals surface area (Å²) in [7, 11) is 0. The Kier molecular flexibility index (Phi) is 8.01. The monoisotopic (exact) mass is 551 g/mol. The van der Waals surface area contributed by atoms with Gasteiger partial charge >= 0.3 is 6.09 Å². The summed E-state index contributed by atoms with van der Waals surface area (Å²) < 4.78 is 32.1. The number of carbonyl (C=O) groups excluding carboxylic acids is 1. The molecule has 0 radical (unpaired) electrons. The lowest BCUT2D eigenvalue weighted by Gasteiger charge is -2.38. The molecule has 1 amide bonds. The van der Waals surface area contributed by atoms with Crippen LogP contribution in [0.1, 0.15) is 43.2 Å². The van der Waals surface area contributed by atoms with E-state index in [-0.39, 0.29) is 18.4 Å². The van der Waals surface area contributed by atoms with E-state index in [1.165, 1.54) is 0 Å². The highest BCUT2D eigenvalue weighted by molar-refractivity contribution is 6.05. The number of para-hydroxylation sites is 2. The average Bonchev–Trinajstić information content (AvgIpc) is 3.40. The normalized spacial score (nSPS) is 18.0. The Balaban J connectivity index is 1.26. The molecule has 1 aliphatic rings. The molecule has 2 heterocycles. The molecule has 6 rings (SSSR count). The standard InChI is InChI=1S/C35H34FNO4/c1-2-9-33(36)41-35(38)37-21-20-28(30-14-8-13-29-27-12-6-7-15-31(27)40-34(29)30)32(22-37)39-23-24-16-18-26(19-17-24)25-10-4-3-5-11-25/h3-8,10-19,28,32-33H,2,9,20-23H2,1H3/t28-,32+,33?/m1/s1. The molecule has 0 spiro atoms. The molecule has 41 heavy (non-hydrogen) atoms. The predicted octanol–water partition coefficient (Wildman–Crippen LogP) is 8.86. The third-order valence-electron chi connectivity index (χ3n) is 7.92. The van der Waals surface area contributed by atoms with Gasteiger partial charge in [-0.15, -0.1) is 0 Å². The fourth-order valence-electron chi connectivity index (χ4n) is 5.77. The van der Waals surface area contributed by atoms with Crippen molar-refractivity contribution < 1.29 is 23.1 Å². The fraction of sp³-hybridized carbons (Fsp3) is 0.286. The number of rotatable bonds is 8. The molecule has 5 nitrogen and oxygen atoms in total. The van der Waals surface area contributed by atoms with Gasteiger partial charge in [-0.25, -0.2) is 9.18 Å². The molecule has 1 saturated heterocycles. The largest absolute Gasteiger partial charge is 0.456 e. The Morgan fingerprint density at radius 3 is 2.46 bits per heavy atom. The Morgan fingerprint density at radius 1 is 0.927 bits per heavy atom. The van der Waals surface area contributed by atoms with E-state index in [2.05, 4.69) is 60.7 Å². The summed E-state index contributed by atoms with van der Waals surface area (Å²) in [6, 6.07) is 32.9. The molecule has 1 fully saturated rings. The second-order valence-corrected chi connectivity index (χ2v) is 10.7. The number of furan rings is 1. The molecular weight excluding hydrogens is 517 g/mol. The van der Waals surface area contributed by atoms with Gasteiger partial charge in [0.05, 0.1) is 19.3 Å². The number of carbonyl (C=O) groups is 1. The zero-order valence-corrected chi connectivity index (χ0v) is 23.2. The topological polar surface area (TPSA) is 51.9 Å². The van der Waals surface area contributed by atoms with Crippen LogP contribution in [0.3, 0.4) is 0 Å². The first-order chi connectivity index (χ1) is 20.1. The molecule has 4 aromatic carbocycles. The fourth-order valence-corrected chi connectivity index (χ4v) is 5.77. The van der Waals surface area contributed by atoms with E-state index in [1.807, 2.05) is 43.3 Å². The highest BCUT2D eigenvalue weighted by Gasteiger charge is 2.36. The minimum atomic E-state index is -1.60. The number of ether oxygens (including phenoxy) is 2. The molecular formula is C35H34FNO4. The molecule has 0 aliphatic carbocycles. The zero-order valence-electron chi connectivity index (χ0n) is 23.2. The Morgan fingerprint density at radius 2 is 1.66 bits per heavy atom. The van der Waals surface area contributed by atoms with Gasteiger partial charge < -0.3 is 18.8 Å². The summed E-state index contributed by atoms with van der Waals surface area (Å²) in [5.74, 6) is -0.0104. The van der Waals surface area contributed by atoms with Gasteiger partial charge in [-0.1, -0.05) is 97.9 Å². The quantitative estimate of drug-likeness (QED) is 0.193. The van der Waals surface area contributed by atoms with Crippen molar-refractivity contribution in [3.63, 3.8) is 0 Å². The summed E-state index contributed by atoms with van der Waals surface area (Å²) in [6.45, 7) is 3.00. The van der Waals surface area contributed by atoms with Gasteiger partial charge in [0.15, 0.2) is 0 Å². The minimum absolute atomic E-state index is 0.0104. The first-order valence-corrected chi connectivity index (χ1v) is 14.4. The SMILES string of the molecule is CCCC(F)OC(=O)N1CC[C@H](c2cccc3c2oc2ccccc23)[C@@H](OCc2ccc(-c3ccccc3)cc2)C1. The number of amides is 1. The number of benzene rings is 4. The van der Waals surface area contributed by atoms with Gasteiger partial charge in [-0.05, 0) is 35.6 Å². The van der Waals surface area contributed by atoms with Gasteiger partial charge in [0.25, 0.3) is 0 Å². The van der Waals surface area contributed by atoms with Crippen LogP contribution in [0.25, 0.3) is 33.1 Å². The second kappa shape index (κ2) is 12.1. The second-order valence-electron chi connectivity index (χ2n) is 10.7. The van der Waals surface area contributed by atoms with Crippen molar-refractivity contribution in [1.29, 1.82) is 0 Å². The summed E-state index contributed by atoms with van der Waals surface area (Å²) in [5.41, 5.74) is 6.10. The molecule has 0 saturated carbocycles. The predicted molar refractivity (Wildman–Crippen MR) is 159 cm³/mol. The first kappa shape index (κ1) is 27.0. The number of nitrogens with zero attached hydrogens (tertiary/aromatic N) is 1. The van der Waals surface area contributed by atoms with Gasteiger partial charge in [0, 0.05) is 35.2 Å². The third-order valence-corrected chi connectivity index (χ3v) is 7.92. The van der Waals surface area contributed by atoms with Crippen molar-refractivity contribution >= 4 is 28.0 Å². The number of hydrogen-bond donors (Lipinski definition) is 0. The number of halogens is 1. The van der Waals surface area contributed by atoms with E-state index in [0.717, 1.165) is 44.2 Å². The number of likely N-dealkylation sites (tertiary alicyclic amines) is 1. The Hall–Kier alpha value is -4.16. The lowest BCUT2D eigenvalue weighted by Crippen LogP contribution is -2.47. The van der Waals surface area contributed by atoms with Crippen LogP contribution >= 0.6 is 0 Å². The van der Waals surface area contributed by atoms with E-state index in [4.69, 9.17) is 13.9 Å². The van der Waals surface area contributed by atoms with Crippen LogP contribution in [0.4, 0.5) is 9.18 Å². The van der Waals surface area contributed by atoms with Crippen LogP contribution in [-0.2, 0) is 16.1 Å². The summed E-state index contributed by atoms with van der Waals surface area (Å²) in [4.78, 5) is 14.4. The van der Waals surface area contributed by atoms with E-state index < -0.39 is 12.5 Å². The number of alkyl halides is 1. The van der Waals surface area contributed by atoms with Crippen LogP contribution in [0.2, 0.25) is 0 Å². The van der Waals surface area contributed by atoms with Crippen LogP contribution in [-0.4, -0.2) is 36.5 Å².